The monoisotopic (exact) mass is 228 g/mol. The number of aromatic amines is 1. The van der Waals surface area contributed by atoms with Gasteiger partial charge in [-0.3, -0.25) is 4.79 Å². The van der Waals surface area contributed by atoms with Crippen molar-refractivity contribution in [3.05, 3.63) is 30.5 Å². The van der Waals surface area contributed by atoms with Gasteiger partial charge < -0.3 is 10.3 Å². The van der Waals surface area contributed by atoms with Crippen LogP contribution in [0.2, 0.25) is 0 Å². The van der Waals surface area contributed by atoms with Crippen LogP contribution in [0, 0.1) is 0 Å². The highest BCUT2D eigenvalue weighted by atomic mass is 16.1. The number of hydrogen-bond donors (Lipinski definition) is 2. The zero-order chi connectivity index (χ0) is 11.7. The van der Waals surface area contributed by atoms with Crippen molar-refractivity contribution in [2.45, 2.75) is 31.7 Å². The molecule has 2 aromatic rings. The van der Waals surface area contributed by atoms with Crippen LogP contribution in [0.1, 0.15) is 25.7 Å². The molecule has 0 unspecified atom stereocenters. The van der Waals surface area contributed by atoms with Gasteiger partial charge in [0.2, 0.25) is 0 Å². The summed E-state index contributed by atoms with van der Waals surface area (Å²) in [6.45, 7) is 0. The van der Waals surface area contributed by atoms with E-state index in [-0.39, 0.29) is 0 Å². The lowest BCUT2D eigenvalue weighted by molar-refractivity contribution is -0.120. The van der Waals surface area contributed by atoms with Gasteiger partial charge in [-0.2, -0.15) is 0 Å². The maximum absolute atomic E-state index is 11.2. The fraction of sp³-hybridized carbons (Fsp3) is 0.357. The fourth-order valence-electron chi connectivity index (χ4n) is 2.49. The van der Waals surface area contributed by atoms with Crippen molar-refractivity contribution in [2.24, 2.45) is 0 Å². The second-order valence-electron chi connectivity index (χ2n) is 4.71. The molecule has 1 heterocycles. The molecule has 1 aromatic heterocycles. The van der Waals surface area contributed by atoms with Crippen LogP contribution >= 0.6 is 0 Å². The molecule has 0 amide bonds. The third-order valence-corrected chi connectivity index (χ3v) is 3.49. The maximum Gasteiger partial charge on any atom is 0.133 e. The number of aromatic nitrogens is 1. The van der Waals surface area contributed by atoms with Crippen molar-refractivity contribution in [2.75, 3.05) is 5.32 Å². The smallest absolute Gasteiger partial charge is 0.133 e. The number of carbonyl (C=O) groups excluding carboxylic acids is 1. The number of hydrogen-bond acceptors (Lipinski definition) is 2. The first-order valence-corrected chi connectivity index (χ1v) is 6.17. The van der Waals surface area contributed by atoms with E-state index in [1.165, 1.54) is 5.39 Å². The van der Waals surface area contributed by atoms with Crippen LogP contribution in [0.15, 0.2) is 30.5 Å². The Morgan fingerprint density at radius 3 is 2.76 bits per heavy atom. The number of nitrogens with one attached hydrogen (secondary N) is 2. The zero-order valence-corrected chi connectivity index (χ0v) is 9.70. The quantitative estimate of drug-likeness (QED) is 0.829. The van der Waals surface area contributed by atoms with Gasteiger partial charge in [0.05, 0.1) is 5.69 Å². The lowest BCUT2D eigenvalue weighted by Crippen LogP contribution is -2.25. The number of para-hydroxylation sites is 1. The zero-order valence-electron chi connectivity index (χ0n) is 9.70. The maximum atomic E-state index is 11.2. The number of rotatable bonds is 2. The summed E-state index contributed by atoms with van der Waals surface area (Å²) in [7, 11) is 0. The van der Waals surface area contributed by atoms with E-state index in [9.17, 15) is 4.79 Å². The van der Waals surface area contributed by atoms with Gasteiger partial charge in [-0.05, 0) is 18.9 Å². The Morgan fingerprint density at radius 2 is 1.94 bits per heavy atom. The minimum absolute atomic E-state index is 0.405. The van der Waals surface area contributed by atoms with Crippen molar-refractivity contribution in [1.82, 2.24) is 4.98 Å². The molecule has 0 atom stereocenters. The number of H-pyrrole nitrogens is 1. The molecule has 2 N–H and O–H groups in total. The Balaban J connectivity index is 1.78. The molecule has 1 aromatic carbocycles. The van der Waals surface area contributed by atoms with E-state index < -0.39 is 0 Å². The van der Waals surface area contributed by atoms with Gasteiger partial charge in [0, 0.05) is 36.0 Å². The van der Waals surface area contributed by atoms with Crippen molar-refractivity contribution in [3.8, 4) is 0 Å². The molecule has 3 heteroatoms. The molecule has 0 radical (unpaired) electrons. The van der Waals surface area contributed by atoms with Gasteiger partial charge >= 0.3 is 0 Å². The van der Waals surface area contributed by atoms with Crippen LogP contribution in [-0.2, 0) is 4.79 Å². The van der Waals surface area contributed by atoms with Gasteiger partial charge in [0.15, 0.2) is 0 Å². The lowest BCUT2D eigenvalue weighted by atomic mass is 9.94. The Kier molecular flexibility index (Phi) is 2.59. The first kappa shape index (κ1) is 10.4. The van der Waals surface area contributed by atoms with E-state index in [1.54, 1.807) is 0 Å². The Morgan fingerprint density at radius 1 is 1.18 bits per heavy atom. The molecule has 0 spiro atoms. The van der Waals surface area contributed by atoms with Crippen LogP contribution < -0.4 is 5.32 Å². The van der Waals surface area contributed by atoms with Gasteiger partial charge in [-0.25, -0.2) is 0 Å². The molecule has 0 aliphatic heterocycles. The summed E-state index contributed by atoms with van der Waals surface area (Å²) in [4.78, 5) is 14.4. The highest BCUT2D eigenvalue weighted by Crippen LogP contribution is 2.26. The summed E-state index contributed by atoms with van der Waals surface area (Å²) in [6.07, 6.45) is 5.37. The van der Waals surface area contributed by atoms with E-state index in [4.69, 9.17) is 0 Å². The highest BCUT2D eigenvalue weighted by molar-refractivity contribution is 5.92. The third-order valence-electron chi connectivity index (χ3n) is 3.49. The summed E-state index contributed by atoms with van der Waals surface area (Å²) in [5.41, 5.74) is 2.31. The third kappa shape index (κ3) is 2.05. The molecular weight excluding hydrogens is 212 g/mol. The summed E-state index contributed by atoms with van der Waals surface area (Å²) in [5, 5.41) is 4.77. The number of Topliss-reactive ketones (excluding diaryl/α,β-unsaturated/α-hetero) is 1. The molecule has 0 bridgehead atoms. The molecule has 3 nitrogen and oxygen atoms in total. The second-order valence-corrected chi connectivity index (χ2v) is 4.71. The standard InChI is InChI=1S/C14H16N2O/c17-11-7-5-10(6-8-11)16-14-9-15-13-4-2-1-3-12(13)14/h1-4,9-10,15-16H,5-8H2. The van der Waals surface area contributed by atoms with Crippen molar-refractivity contribution in [1.29, 1.82) is 0 Å². The van der Waals surface area contributed by atoms with Crippen LogP contribution in [0.3, 0.4) is 0 Å². The summed E-state index contributed by atoms with van der Waals surface area (Å²) in [6, 6.07) is 8.70. The number of carbonyl (C=O) groups is 1. The molecule has 88 valence electrons. The van der Waals surface area contributed by atoms with Crippen molar-refractivity contribution in [3.63, 3.8) is 0 Å². The van der Waals surface area contributed by atoms with Crippen LogP contribution in [0.4, 0.5) is 5.69 Å². The fourth-order valence-corrected chi connectivity index (χ4v) is 2.49. The lowest BCUT2D eigenvalue weighted by Gasteiger charge is -2.22. The number of ketones is 1. The normalized spacial score (nSPS) is 17.5. The van der Waals surface area contributed by atoms with Gasteiger partial charge in [0.1, 0.15) is 5.78 Å². The summed E-state index contributed by atoms with van der Waals surface area (Å²) < 4.78 is 0. The van der Waals surface area contributed by atoms with Crippen LogP contribution in [0.5, 0.6) is 0 Å². The number of anilines is 1. The molecular formula is C14H16N2O. The molecule has 1 fully saturated rings. The van der Waals surface area contributed by atoms with E-state index >= 15 is 0 Å². The minimum Gasteiger partial charge on any atom is -0.381 e. The largest absolute Gasteiger partial charge is 0.381 e. The van der Waals surface area contributed by atoms with E-state index in [0.717, 1.165) is 36.9 Å². The van der Waals surface area contributed by atoms with E-state index in [0.29, 0.717) is 11.8 Å². The Hall–Kier alpha value is -1.77. The first-order valence-electron chi connectivity index (χ1n) is 6.17. The summed E-state index contributed by atoms with van der Waals surface area (Å²) >= 11 is 0. The van der Waals surface area contributed by atoms with Crippen LogP contribution in [0.25, 0.3) is 10.9 Å². The predicted octanol–water partition coefficient (Wildman–Crippen LogP) is 3.09. The Bertz CT molecular complexity index is 534. The first-order chi connectivity index (χ1) is 8.33. The number of benzene rings is 1. The molecule has 1 aliphatic carbocycles. The molecule has 1 aliphatic rings. The average Bonchev–Trinajstić information content (AvgIpc) is 2.76. The second kappa shape index (κ2) is 4.24. The predicted molar refractivity (Wildman–Crippen MR) is 69.2 cm³/mol. The minimum atomic E-state index is 0.405. The Labute approximate surface area is 100 Å². The van der Waals surface area contributed by atoms with Crippen molar-refractivity contribution >= 4 is 22.4 Å². The summed E-state index contributed by atoms with van der Waals surface area (Å²) in [5.74, 6) is 0.405. The van der Waals surface area contributed by atoms with E-state index in [1.807, 2.05) is 18.3 Å². The van der Waals surface area contributed by atoms with Crippen LogP contribution in [-0.4, -0.2) is 16.8 Å². The molecule has 0 saturated heterocycles. The van der Waals surface area contributed by atoms with Crippen molar-refractivity contribution < 1.29 is 4.79 Å². The van der Waals surface area contributed by atoms with Gasteiger partial charge in [0.25, 0.3) is 0 Å². The molecule has 1 saturated carbocycles. The number of fused-ring (bicyclic) bond motifs is 1. The highest BCUT2D eigenvalue weighted by Gasteiger charge is 2.19. The molecule has 17 heavy (non-hydrogen) atoms. The van der Waals surface area contributed by atoms with Gasteiger partial charge in [-0.15, -0.1) is 0 Å². The average molecular weight is 228 g/mol. The molecule has 3 rings (SSSR count). The SMILES string of the molecule is O=C1CCC(Nc2c[nH]c3ccccc23)CC1. The topological polar surface area (TPSA) is 44.9 Å². The van der Waals surface area contributed by atoms with Gasteiger partial charge in [-0.1, -0.05) is 18.2 Å². The van der Waals surface area contributed by atoms with E-state index in [2.05, 4.69) is 22.4 Å².